The Labute approximate surface area is 57.0 Å². The lowest BCUT2D eigenvalue weighted by Gasteiger charge is -2.44. The third kappa shape index (κ3) is 0.452. The van der Waals surface area contributed by atoms with E-state index < -0.39 is 0 Å². The maximum absolute atomic E-state index is 2.39. The minimum absolute atomic E-state index is 0.590. The van der Waals surface area contributed by atoms with E-state index >= 15 is 0 Å². The molecule has 0 amide bonds. The molecule has 0 aromatic rings. The Hall–Kier alpha value is -0.260. The van der Waals surface area contributed by atoms with Crippen LogP contribution in [-0.4, -0.2) is 0 Å². The summed E-state index contributed by atoms with van der Waals surface area (Å²) < 4.78 is 0. The zero-order chi connectivity index (χ0) is 6.54. The van der Waals surface area contributed by atoms with Gasteiger partial charge >= 0.3 is 0 Å². The molecule has 0 bridgehead atoms. The number of hydrogen-bond donors (Lipinski definition) is 0. The molecule has 0 heteroatoms. The Kier molecular flexibility index (Phi) is 0.769. The summed E-state index contributed by atoms with van der Waals surface area (Å²) >= 11 is 0. The molecule has 1 fully saturated rings. The molecule has 2 aliphatic carbocycles. The average Bonchev–Trinajstić information content (AvgIpc) is 1.98. The van der Waals surface area contributed by atoms with Crippen molar-refractivity contribution in [3.8, 4) is 0 Å². The van der Waals surface area contributed by atoms with E-state index in [-0.39, 0.29) is 0 Å². The lowest BCUT2D eigenvalue weighted by Crippen LogP contribution is -2.35. The Morgan fingerprint density at radius 1 is 1.00 bits per heavy atom. The maximum atomic E-state index is 2.39. The molecule has 2 unspecified atom stereocenters. The van der Waals surface area contributed by atoms with E-state index in [1.165, 1.54) is 19.3 Å². The minimum Gasteiger partial charge on any atom is -0.0811 e. The SMILES string of the molecule is CC12C=CC1(C)CCC2. The molecule has 0 saturated heterocycles. The lowest BCUT2D eigenvalue weighted by atomic mass is 9.60. The summed E-state index contributed by atoms with van der Waals surface area (Å²) in [6, 6.07) is 0. The Morgan fingerprint density at radius 2 is 1.44 bits per heavy atom. The summed E-state index contributed by atoms with van der Waals surface area (Å²) in [5.41, 5.74) is 1.18. The predicted octanol–water partition coefficient (Wildman–Crippen LogP) is 2.75. The summed E-state index contributed by atoms with van der Waals surface area (Å²) in [4.78, 5) is 0. The van der Waals surface area contributed by atoms with Gasteiger partial charge in [-0.1, -0.05) is 32.4 Å². The van der Waals surface area contributed by atoms with Crippen molar-refractivity contribution in [3.05, 3.63) is 12.2 Å². The first-order chi connectivity index (χ1) is 4.16. The van der Waals surface area contributed by atoms with Gasteiger partial charge < -0.3 is 0 Å². The molecule has 1 saturated carbocycles. The van der Waals surface area contributed by atoms with Gasteiger partial charge in [0.15, 0.2) is 0 Å². The highest BCUT2D eigenvalue weighted by atomic mass is 14.5. The second-order valence-corrected chi connectivity index (χ2v) is 4.02. The topological polar surface area (TPSA) is 0 Å². The van der Waals surface area contributed by atoms with E-state index in [0.29, 0.717) is 10.8 Å². The fourth-order valence-electron chi connectivity index (χ4n) is 2.21. The van der Waals surface area contributed by atoms with Gasteiger partial charge in [-0.15, -0.1) is 0 Å². The highest BCUT2D eigenvalue weighted by Crippen LogP contribution is 2.60. The normalized spacial score (nSPS) is 54.9. The monoisotopic (exact) mass is 122 g/mol. The number of allylic oxidation sites excluding steroid dienone is 2. The van der Waals surface area contributed by atoms with Crippen molar-refractivity contribution in [1.29, 1.82) is 0 Å². The van der Waals surface area contributed by atoms with Crippen LogP contribution < -0.4 is 0 Å². The second-order valence-electron chi connectivity index (χ2n) is 4.02. The molecule has 2 rings (SSSR count). The van der Waals surface area contributed by atoms with E-state index in [1.54, 1.807) is 0 Å². The van der Waals surface area contributed by atoms with Crippen LogP contribution in [0, 0.1) is 10.8 Å². The summed E-state index contributed by atoms with van der Waals surface area (Å²) in [6.07, 6.45) is 9.04. The molecule has 0 N–H and O–H groups in total. The van der Waals surface area contributed by atoms with Gasteiger partial charge in [-0.3, -0.25) is 0 Å². The van der Waals surface area contributed by atoms with E-state index in [4.69, 9.17) is 0 Å². The molecule has 0 nitrogen and oxygen atoms in total. The Bertz CT molecular complexity index is 151. The molecule has 9 heavy (non-hydrogen) atoms. The highest BCUT2D eigenvalue weighted by molar-refractivity contribution is 5.26. The third-order valence-corrected chi connectivity index (χ3v) is 3.52. The smallest absolute Gasteiger partial charge is 0.00580 e. The van der Waals surface area contributed by atoms with E-state index in [2.05, 4.69) is 26.0 Å². The highest BCUT2D eigenvalue weighted by Gasteiger charge is 2.50. The van der Waals surface area contributed by atoms with Gasteiger partial charge in [-0.25, -0.2) is 0 Å². The number of rotatable bonds is 0. The van der Waals surface area contributed by atoms with Crippen molar-refractivity contribution in [1.82, 2.24) is 0 Å². The van der Waals surface area contributed by atoms with Crippen LogP contribution in [0.25, 0.3) is 0 Å². The quantitative estimate of drug-likeness (QED) is 0.433. The lowest BCUT2D eigenvalue weighted by molar-refractivity contribution is 0.189. The van der Waals surface area contributed by atoms with E-state index in [1.807, 2.05) is 0 Å². The Balaban J connectivity index is 2.38. The van der Waals surface area contributed by atoms with Crippen LogP contribution in [0.4, 0.5) is 0 Å². The molecule has 0 radical (unpaired) electrons. The van der Waals surface area contributed by atoms with E-state index in [0.717, 1.165) is 0 Å². The second kappa shape index (κ2) is 1.25. The van der Waals surface area contributed by atoms with Crippen molar-refractivity contribution in [3.63, 3.8) is 0 Å². The first-order valence-electron chi connectivity index (χ1n) is 3.87. The van der Waals surface area contributed by atoms with Crippen molar-refractivity contribution in [2.75, 3.05) is 0 Å². The molecular weight excluding hydrogens is 108 g/mol. The number of hydrogen-bond acceptors (Lipinski definition) is 0. The van der Waals surface area contributed by atoms with Crippen LogP contribution in [0.15, 0.2) is 12.2 Å². The Morgan fingerprint density at radius 3 is 1.67 bits per heavy atom. The van der Waals surface area contributed by atoms with Crippen LogP contribution in [0.3, 0.4) is 0 Å². The molecule has 2 atom stereocenters. The average molecular weight is 122 g/mol. The predicted molar refractivity (Wildman–Crippen MR) is 39.2 cm³/mol. The summed E-state index contributed by atoms with van der Waals surface area (Å²) in [5, 5.41) is 0. The van der Waals surface area contributed by atoms with Gasteiger partial charge in [0.05, 0.1) is 0 Å². The zero-order valence-corrected chi connectivity index (χ0v) is 6.28. The van der Waals surface area contributed by atoms with Gasteiger partial charge in [0, 0.05) is 0 Å². The van der Waals surface area contributed by atoms with Gasteiger partial charge in [0.2, 0.25) is 0 Å². The largest absolute Gasteiger partial charge is 0.0811 e. The van der Waals surface area contributed by atoms with Gasteiger partial charge in [-0.05, 0) is 23.7 Å². The van der Waals surface area contributed by atoms with Crippen molar-refractivity contribution >= 4 is 0 Å². The maximum Gasteiger partial charge on any atom is -0.00580 e. The van der Waals surface area contributed by atoms with Crippen LogP contribution in [0.2, 0.25) is 0 Å². The van der Waals surface area contributed by atoms with Gasteiger partial charge in [-0.2, -0.15) is 0 Å². The van der Waals surface area contributed by atoms with Crippen LogP contribution in [-0.2, 0) is 0 Å². The fraction of sp³-hybridized carbons (Fsp3) is 0.778. The standard InChI is InChI=1S/C9H14/c1-8-4-3-5-9(8,2)7-6-8/h6-7H,3-5H2,1-2H3. The molecule has 0 aliphatic heterocycles. The summed E-state index contributed by atoms with van der Waals surface area (Å²) in [5.74, 6) is 0. The van der Waals surface area contributed by atoms with Crippen LogP contribution in [0.1, 0.15) is 33.1 Å². The molecular formula is C9H14. The first-order valence-corrected chi connectivity index (χ1v) is 3.87. The molecule has 2 aliphatic rings. The van der Waals surface area contributed by atoms with Crippen molar-refractivity contribution in [2.45, 2.75) is 33.1 Å². The molecule has 0 aromatic heterocycles. The summed E-state index contributed by atoms with van der Waals surface area (Å²) in [7, 11) is 0. The fourth-order valence-corrected chi connectivity index (χ4v) is 2.21. The molecule has 0 heterocycles. The third-order valence-electron chi connectivity index (χ3n) is 3.52. The molecule has 0 aromatic carbocycles. The van der Waals surface area contributed by atoms with Crippen molar-refractivity contribution in [2.24, 2.45) is 10.8 Å². The van der Waals surface area contributed by atoms with Gasteiger partial charge in [0.1, 0.15) is 0 Å². The first kappa shape index (κ1) is 5.52. The van der Waals surface area contributed by atoms with Crippen LogP contribution >= 0.6 is 0 Å². The minimum atomic E-state index is 0.590. The van der Waals surface area contributed by atoms with E-state index in [9.17, 15) is 0 Å². The zero-order valence-electron chi connectivity index (χ0n) is 6.28. The summed E-state index contributed by atoms with van der Waals surface area (Å²) in [6.45, 7) is 4.78. The van der Waals surface area contributed by atoms with Crippen molar-refractivity contribution < 1.29 is 0 Å². The number of fused-ring (bicyclic) bond motifs is 1. The molecule has 0 spiro atoms. The molecule has 50 valence electrons. The van der Waals surface area contributed by atoms with Gasteiger partial charge in [0.25, 0.3) is 0 Å². The van der Waals surface area contributed by atoms with Crippen LogP contribution in [0.5, 0.6) is 0 Å².